The molecule has 1 aromatic carbocycles. The number of aromatic nitrogens is 3. The molecule has 2 aromatic heterocycles. The number of pyridine rings is 1. The SMILES string of the molecule is Nc1ccc(-c2nccn2-c2ccncc2Br)cc1. The van der Waals surface area contributed by atoms with Crippen LogP contribution in [0.5, 0.6) is 0 Å². The second-order valence-electron chi connectivity index (χ2n) is 4.07. The van der Waals surface area contributed by atoms with E-state index in [2.05, 4.69) is 25.9 Å². The van der Waals surface area contributed by atoms with Gasteiger partial charge in [0.1, 0.15) is 5.82 Å². The van der Waals surface area contributed by atoms with Crippen molar-refractivity contribution in [2.45, 2.75) is 0 Å². The van der Waals surface area contributed by atoms with E-state index in [-0.39, 0.29) is 0 Å². The van der Waals surface area contributed by atoms with E-state index in [1.165, 1.54) is 0 Å². The molecule has 0 saturated carbocycles. The molecule has 0 bridgehead atoms. The highest BCUT2D eigenvalue weighted by molar-refractivity contribution is 9.10. The quantitative estimate of drug-likeness (QED) is 0.738. The van der Waals surface area contributed by atoms with E-state index in [4.69, 9.17) is 5.73 Å². The van der Waals surface area contributed by atoms with E-state index in [0.717, 1.165) is 27.2 Å². The summed E-state index contributed by atoms with van der Waals surface area (Å²) in [7, 11) is 0. The Hall–Kier alpha value is -2.14. The maximum absolute atomic E-state index is 5.71. The van der Waals surface area contributed by atoms with E-state index in [0.29, 0.717) is 0 Å². The zero-order valence-electron chi connectivity index (χ0n) is 9.99. The minimum absolute atomic E-state index is 0.743. The number of anilines is 1. The van der Waals surface area contributed by atoms with Gasteiger partial charge in [0.2, 0.25) is 0 Å². The monoisotopic (exact) mass is 314 g/mol. The molecule has 19 heavy (non-hydrogen) atoms. The molecule has 94 valence electrons. The van der Waals surface area contributed by atoms with Gasteiger partial charge >= 0.3 is 0 Å². The number of hydrogen-bond acceptors (Lipinski definition) is 3. The molecule has 0 aliphatic heterocycles. The molecule has 0 aliphatic rings. The average molecular weight is 315 g/mol. The second-order valence-corrected chi connectivity index (χ2v) is 4.92. The van der Waals surface area contributed by atoms with Crippen LogP contribution < -0.4 is 5.73 Å². The molecule has 4 nitrogen and oxygen atoms in total. The Morgan fingerprint density at radius 1 is 1.05 bits per heavy atom. The van der Waals surface area contributed by atoms with Gasteiger partial charge in [-0.15, -0.1) is 0 Å². The molecule has 0 atom stereocenters. The average Bonchev–Trinajstić information content (AvgIpc) is 2.89. The summed E-state index contributed by atoms with van der Waals surface area (Å²) in [6.07, 6.45) is 7.22. The molecule has 3 aromatic rings. The standard InChI is InChI=1S/C14H11BrN4/c15-12-9-17-6-5-13(12)19-8-7-18-14(19)10-1-3-11(16)4-2-10/h1-9H,16H2. The Morgan fingerprint density at radius 3 is 2.58 bits per heavy atom. The van der Waals surface area contributed by atoms with Gasteiger partial charge in [0.15, 0.2) is 0 Å². The lowest BCUT2D eigenvalue weighted by Crippen LogP contribution is -1.98. The van der Waals surface area contributed by atoms with E-state index < -0.39 is 0 Å². The maximum atomic E-state index is 5.71. The largest absolute Gasteiger partial charge is 0.399 e. The summed E-state index contributed by atoms with van der Waals surface area (Å²) in [5, 5.41) is 0. The first kappa shape index (κ1) is 11.9. The number of halogens is 1. The number of nitrogens with zero attached hydrogens (tertiary/aromatic N) is 3. The van der Waals surface area contributed by atoms with Crippen molar-refractivity contribution in [3.8, 4) is 17.1 Å². The van der Waals surface area contributed by atoms with Crippen molar-refractivity contribution >= 4 is 21.6 Å². The van der Waals surface area contributed by atoms with Gasteiger partial charge in [-0.1, -0.05) is 0 Å². The lowest BCUT2D eigenvalue weighted by Gasteiger charge is -2.09. The molecule has 0 aliphatic carbocycles. The fraction of sp³-hybridized carbons (Fsp3) is 0. The number of hydrogen-bond donors (Lipinski definition) is 1. The van der Waals surface area contributed by atoms with Crippen molar-refractivity contribution in [3.63, 3.8) is 0 Å². The molecular formula is C14H11BrN4. The van der Waals surface area contributed by atoms with Gasteiger partial charge < -0.3 is 5.73 Å². The molecule has 3 rings (SSSR count). The summed E-state index contributed by atoms with van der Waals surface area (Å²) < 4.78 is 2.93. The van der Waals surface area contributed by atoms with Crippen molar-refractivity contribution in [1.29, 1.82) is 0 Å². The first-order chi connectivity index (χ1) is 9.25. The van der Waals surface area contributed by atoms with Gasteiger partial charge in [-0.25, -0.2) is 4.98 Å². The van der Waals surface area contributed by atoms with Crippen LogP contribution in [0.1, 0.15) is 0 Å². The van der Waals surface area contributed by atoms with Crippen LogP contribution in [-0.4, -0.2) is 14.5 Å². The van der Waals surface area contributed by atoms with Crippen LogP contribution in [0, 0.1) is 0 Å². The molecule has 0 spiro atoms. The topological polar surface area (TPSA) is 56.7 Å². The summed E-state index contributed by atoms with van der Waals surface area (Å²) >= 11 is 3.50. The highest BCUT2D eigenvalue weighted by Gasteiger charge is 2.09. The third kappa shape index (κ3) is 2.24. The molecule has 0 saturated heterocycles. The van der Waals surface area contributed by atoms with Gasteiger partial charge in [0.25, 0.3) is 0 Å². The summed E-state index contributed by atoms with van der Waals surface area (Å²) in [4.78, 5) is 8.49. The third-order valence-corrected chi connectivity index (χ3v) is 3.43. The van der Waals surface area contributed by atoms with Crippen LogP contribution in [0.25, 0.3) is 17.1 Å². The normalized spacial score (nSPS) is 10.6. The zero-order valence-corrected chi connectivity index (χ0v) is 11.6. The number of benzene rings is 1. The molecular weight excluding hydrogens is 304 g/mol. The van der Waals surface area contributed by atoms with Crippen molar-refractivity contribution < 1.29 is 0 Å². The van der Waals surface area contributed by atoms with Crippen LogP contribution in [0.15, 0.2) is 59.6 Å². The van der Waals surface area contributed by atoms with Crippen LogP contribution in [0.3, 0.4) is 0 Å². The van der Waals surface area contributed by atoms with Crippen molar-refractivity contribution in [3.05, 3.63) is 59.6 Å². The molecule has 0 unspecified atom stereocenters. The highest BCUT2D eigenvalue weighted by Crippen LogP contribution is 2.26. The Balaban J connectivity index is 2.13. The smallest absolute Gasteiger partial charge is 0.144 e. The molecule has 2 heterocycles. The lowest BCUT2D eigenvalue weighted by molar-refractivity contribution is 1.05. The number of nitrogens with two attached hydrogens (primary N) is 1. The minimum atomic E-state index is 0.743. The minimum Gasteiger partial charge on any atom is -0.399 e. The van der Waals surface area contributed by atoms with Gasteiger partial charge in [-0.2, -0.15) is 0 Å². The van der Waals surface area contributed by atoms with Crippen LogP contribution in [-0.2, 0) is 0 Å². The zero-order chi connectivity index (χ0) is 13.2. The van der Waals surface area contributed by atoms with E-state index in [1.807, 2.05) is 41.1 Å². The predicted octanol–water partition coefficient (Wildman–Crippen LogP) is 3.28. The third-order valence-electron chi connectivity index (χ3n) is 2.82. The van der Waals surface area contributed by atoms with E-state index in [1.54, 1.807) is 18.6 Å². The summed E-state index contributed by atoms with van der Waals surface area (Å²) in [5.41, 5.74) is 8.47. The van der Waals surface area contributed by atoms with Crippen LogP contribution >= 0.6 is 15.9 Å². The van der Waals surface area contributed by atoms with Crippen LogP contribution in [0.2, 0.25) is 0 Å². The lowest BCUT2D eigenvalue weighted by atomic mass is 10.2. The highest BCUT2D eigenvalue weighted by atomic mass is 79.9. The first-order valence-electron chi connectivity index (χ1n) is 5.75. The van der Waals surface area contributed by atoms with E-state index >= 15 is 0 Å². The number of nitrogen functional groups attached to an aromatic ring is 1. The second kappa shape index (κ2) is 4.85. The van der Waals surface area contributed by atoms with Gasteiger partial charge in [0.05, 0.1) is 10.2 Å². The van der Waals surface area contributed by atoms with Gasteiger partial charge in [-0.05, 0) is 46.3 Å². The van der Waals surface area contributed by atoms with E-state index in [9.17, 15) is 0 Å². The molecule has 0 fully saturated rings. The molecule has 5 heteroatoms. The molecule has 2 N–H and O–H groups in total. The van der Waals surface area contributed by atoms with Crippen molar-refractivity contribution in [2.24, 2.45) is 0 Å². The van der Waals surface area contributed by atoms with Crippen LogP contribution in [0.4, 0.5) is 5.69 Å². The summed E-state index contributed by atoms with van der Waals surface area (Å²) in [6.45, 7) is 0. The summed E-state index contributed by atoms with van der Waals surface area (Å²) in [6, 6.07) is 9.60. The molecule has 0 radical (unpaired) electrons. The maximum Gasteiger partial charge on any atom is 0.144 e. The van der Waals surface area contributed by atoms with Crippen molar-refractivity contribution in [1.82, 2.24) is 14.5 Å². The molecule has 0 amide bonds. The number of imidazole rings is 1. The fourth-order valence-corrected chi connectivity index (χ4v) is 2.35. The Kier molecular flexibility index (Phi) is 3.05. The Morgan fingerprint density at radius 2 is 1.84 bits per heavy atom. The first-order valence-corrected chi connectivity index (χ1v) is 6.54. The summed E-state index contributed by atoms with van der Waals surface area (Å²) in [5.74, 6) is 0.868. The fourth-order valence-electron chi connectivity index (χ4n) is 1.91. The Labute approximate surface area is 119 Å². The predicted molar refractivity (Wildman–Crippen MR) is 78.9 cm³/mol. The Bertz CT molecular complexity index is 703. The number of rotatable bonds is 2. The van der Waals surface area contributed by atoms with Crippen molar-refractivity contribution in [2.75, 3.05) is 5.73 Å². The van der Waals surface area contributed by atoms with Gasteiger partial charge in [-0.3, -0.25) is 9.55 Å². The van der Waals surface area contributed by atoms with Gasteiger partial charge in [0, 0.05) is 36.0 Å².